The lowest BCUT2D eigenvalue weighted by atomic mass is 10.00. The van der Waals surface area contributed by atoms with E-state index in [9.17, 15) is 22.8 Å². The van der Waals surface area contributed by atoms with Gasteiger partial charge in [0.1, 0.15) is 0 Å². The zero-order chi connectivity index (χ0) is 22.7. The standard InChI is InChI=1S/C23H25F3N4O2/c24-23(25,26)14-4-3-5-15(10-14)29-20-7-2-1-6-19(20)22(32)27-13-21(31)30-18-11-16-8-9-17(12-18)28-16/h1-7,10,16-18,28-29H,8-9,11-13H2,(H,27,32)(H,30,31). The van der Waals surface area contributed by atoms with Gasteiger partial charge < -0.3 is 21.3 Å². The minimum atomic E-state index is -4.46. The second-order valence-corrected chi connectivity index (χ2v) is 8.31. The van der Waals surface area contributed by atoms with Gasteiger partial charge in [0.15, 0.2) is 0 Å². The molecule has 2 amide bonds. The van der Waals surface area contributed by atoms with E-state index in [-0.39, 0.29) is 29.7 Å². The molecule has 0 spiro atoms. The van der Waals surface area contributed by atoms with Crippen molar-refractivity contribution in [3.63, 3.8) is 0 Å². The van der Waals surface area contributed by atoms with Crippen molar-refractivity contribution in [2.24, 2.45) is 0 Å². The molecule has 6 nitrogen and oxygen atoms in total. The van der Waals surface area contributed by atoms with Crippen LogP contribution in [-0.4, -0.2) is 36.5 Å². The molecule has 4 N–H and O–H groups in total. The van der Waals surface area contributed by atoms with Gasteiger partial charge in [-0.1, -0.05) is 18.2 Å². The lowest BCUT2D eigenvalue weighted by molar-refractivity contribution is -0.137. The van der Waals surface area contributed by atoms with Gasteiger partial charge in [0.25, 0.3) is 5.91 Å². The van der Waals surface area contributed by atoms with Crippen LogP contribution in [0.1, 0.15) is 41.6 Å². The third-order valence-electron chi connectivity index (χ3n) is 5.89. The van der Waals surface area contributed by atoms with E-state index in [0.29, 0.717) is 17.8 Å². The van der Waals surface area contributed by atoms with Crippen molar-refractivity contribution in [1.82, 2.24) is 16.0 Å². The summed E-state index contributed by atoms with van der Waals surface area (Å²) >= 11 is 0. The molecule has 32 heavy (non-hydrogen) atoms. The third-order valence-corrected chi connectivity index (χ3v) is 5.89. The van der Waals surface area contributed by atoms with Crippen molar-refractivity contribution >= 4 is 23.2 Å². The lowest BCUT2D eigenvalue weighted by Gasteiger charge is -2.29. The van der Waals surface area contributed by atoms with Crippen LogP contribution in [-0.2, 0) is 11.0 Å². The molecule has 2 aliphatic heterocycles. The molecule has 2 heterocycles. The minimum absolute atomic E-state index is 0.105. The number of benzene rings is 2. The second kappa shape index (κ2) is 9.20. The highest BCUT2D eigenvalue weighted by atomic mass is 19.4. The third kappa shape index (κ3) is 5.40. The molecule has 2 atom stereocenters. The number of rotatable bonds is 6. The maximum Gasteiger partial charge on any atom is 0.416 e. The maximum absolute atomic E-state index is 13.0. The summed E-state index contributed by atoms with van der Waals surface area (Å²) in [6.45, 7) is -0.171. The summed E-state index contributed by atoms with van der Waals surface area (Å²) in [5, 5.41) is 12.0. The molecule has 4 rings (SSSR count). The Hall–Kier alpha value is -3.07. The molecule has 2 bridgehead atoms. The lowest BCUT2D eigenvalue weighted by Crippen LogP contribution is -2.50. The minimum Gasteiger partial charge on any atom is -0.355 e. The quantitative estimate of drug-likeness (QED) is 0.547. The summed E-state index contributed by atoms with van der Waals surface area (Å²) in [5.41, 5.74) is 0.00287. The highest BCUT2D eigenvalue weighted by molar-refractivity contribution is 6.01. The second-order valence-electron chi connectivity index (χ2n) is 8.31. The van der Waals surface area contributed by atoms with E-state index >= 15 is 0 Å². The van der Waals surface area contributed by atoms with Crippen LogP contribution in [0.25, 0.3) is 0 Å². The van der Waals surface area contributed by atoms with Crippen molar-refractivity contribution in [3.05, 3.63) is 59.7 Å². The van der Waals surface area contributed by atoms with Crippen molar-refractivity contribution in [2.45, 2.75) is 50.0 Å². The molecule has 2 aliphatic rings. The highest BCUT2D eigenvalue weighted by Crippen LogP contribution is 2.32. The average Bonchev–Trinajstić information content (AvgIpc) is 3.10. The monoisotopic (exact) mass is 446 g/mol. The van der Waals surface area contributed by atoms with E-state index in [4.69, 9.17) is 0 Å². The number of anilines is 2. The van der Waals surface area contributed by atoms with Gasteiger partial charge in [-0.05, 0) is 56.0 Å². The van der Waals surface area contributed by atoms with E-state index < -0.39 is 17.6 Å². The first-order valence-corrected chi connectivity index (χ1v) is 10.6. The predicted molar refractivity (Wildman–Crippen MR) is 115 cm³/mol. The molecule has 2 unspecified atom stereocenters. The first kappa shape index (κ1) is 22.1. The predicted octanol–water partition coefficient (Wildman–Crippen LogP) is 3.58. The average molecular weight is 446 g/mol. The molecule has 170 valence electrons. The van der Waals surface area contributed by atoms with Gasteiger partial charge in [0.2, 0.25) is 5.91 Å². The molecular formula is C23H25F3N4O2. The largest absolute Gasteiger partial charge is 0.416 e. The Bertz CT molecular complexity index is 983. The number of halogens is 3. The fraction of sp³-hybridized carbons (Fsp3) is 0.391. The van der Waals surface area contributed by atoms with Gasteiger partial charge in [-0.25, -0.2) is 0 Å². The van der Waals surface area contributed by atoms with E-state index in [0.717, 1.165) is 37.8 Å². The maximum atomic E-state index is 13.0. The van der Waals surface area contributed by atoms with E-state index in [1.165, 1.54) is 12.1 Å². The molecule has 0 saturated carbocycles. The molecule has 2 aromatic carbocycles. The van der Waals surface area contributed by atoms with Crippen LogP contribution in [0.5, 0.6) is 0 Å². The number of amides is 2. The van der Waals surface area contributed by atoms with Crippen molar-refractivity contribution in [1.29, 1.82) is 0 Å². The summed E-state index contributed by atoms with van der Waals surface area (Å²) in [6, 6.07) is 12.2. The Morgan fingerprint density at radius 1 is 1.00 bits per heavy atom. The van der Waals surface area contributed by atoms with Crippen LogP contribution in [0.3, 0.4) is 0 Å². The molecule has 2 fully saturated rings. The number of hydrogen-bond donors (Lipinski definition) is 4. The zero-order valence-electron chi connectivity index (χ0n) is 17.3. The Morgan fingerprint density at radius 3 is 2.44 bits per heavy atom. The Morgan fingerprint density at radius 2 is 1.72 bits per heavy atom. The molecule has 0 radical (unpaired) electrons. The van der Waals surface area contributed by atoms with Crippen LogP contribution in [0.4, 0.5) is 24.5 Å². The zero-order valence-corrected chi connectivity index (χ0v) is 17.3. The molecular weight excluding hydrogens is 421 g/mol. The molecule has 0 aliphatic carbocycles. The summed E-state index contributed by atoms with van der Waals surface area (Å²) < 4.78 is 38.9. The van der Waals surface area contributed by atoms with Gasteiger partial charge in [0, 0.05) is 23.8 Å². The smallest absolute Gasteiger partial charge is 0.355 e. The number of nitrogens with one attached hydrogen (secondary N) is 4. The SMILES string of the molecule is O=C(CNC(=O)c1ccccc1Nc1cccc(C(F)(F)F)c1)NC1CC2CCC(C1)N2. The van der Waals surface area contributed by atoms with Crippen LogP contribution >= 0.6 is 0 Å². The van der Waals surface area contributed by atoms with Crippen LogP contribution in [0.15, 0.2) is 48.5 Å². The number of hydrogen-bond acceptors (Lipinski definition) is 4. The summed E-state index contributed by atoms with van der Waals surface area (Å²) in [4.78, 5) is 25.0. The molecule has 2 saturated heterocycles. The number of para-hydroxylation sites is 1. The van der Waals surface area contributed by atoms with Crippen molar-refractivity contribution in [3.8, 4) is 0 Å². The number of fused-ring (bicyclic) bond motifs is 2. The Kier molecular flexibility index (Phi) is 6.36. The van der Waals surface area contributed by atoms with Crippen LogP contribution in [0, 0.1) is 0 Å². The van der Waals surface area contributed by atoms with Crippen LogP contribution in [0.2, 0.25) is 0 Å². The van der Waals surface area contributed by atoms with Gasteiger partial charge in [0.05, 0.1) is 23.4 Å². The van der Waals surface area contributed by atoms with E-state index in [1.54, 1.807) is 24.3 Å². The Labute approximate surface area is 184 Å². The topological polar surface area (TPSA) is 82.3 Å². The van der Waals surface area contributed by atoms with E-state index in [2.05, 4.69) is 21.3 Å². The van der Waals surface area contributed by atoms with E-state index in [1.807, 2.05) is 0 Å². The first-order chi connectivity index (χ1) is 15.3. The normalized spacial score (nSPS) is 22.3. The number of carbonyl (C=O) groups is 2. The van der Waals surface area contributed by atoms with Gasteiger partial charge in [-0.15, -0.1) is 0 Å². The van der Waals surface area contributed by atoms with Gasteiger partial charge in [-0.3, -0.25) is 9.59 Å². The summed E-state index contributed by atoms with van der Waals surface area (Å²) in [5.74, 6) is -0.742. The van der Waals surface area contributed by atoms with Crippen molar-refractivity contribution < 1.29 is 22.8 Å². The fourth-order valence-electron chi connectivity index (χ4n) is 4.43. The molecule has 9 heteroatoms. The summed E-state index contributed by atoms with van der Waals surface area (Å²) in [6.07, 6.45) is -0.428. The number of carbonyl (C=O) groups excluding carboxylic acids is 2. The van der Waals surface area contributed by atoms with Crippen molar-refractivity contribution in [2.75, 3.05) is 11.9 Å². The van der Waals surface area contributed by atoms with Gasteiger partial charge in [-0.2, -0.15) is 13.2 Å². The molecule has 2 aromatic rings. The number of piperidine rings is 1. The first-order valence-electron chi connectivity index (χ1n) is 10.6. The van der Waals surface area contributed by atoms with Crippen LogP contribution < -0.4 is 21.3 Å². The summed E-state index contributed by atoms with van der Waals surface area (Å²) in [7, 11) is 0. The van der Waals surface area contributed by atoms with Gasteiger partial charge >= 0.3 is 6.18 Å². The Balaban J connectivity index is 1.36. The molecule has 0 aromatic heterocycles. The fourth-order valence-corrected chi connectivity index (χ4v) is 4.43. The number of alkyl halides is 3. The highest BCUT2D eigenvalue weighted by Gasteiger charge is 2.34.